The smallest absolute Gasteiger partial charge is 0.315 e. The largest absolute Gasteiger partial charge is 0.388 e. The maximum Gasteiger partial charge on any atom is 0.315 e. The van der Waals surface area contributed by atoms with Gasteiger partial charge in [0.25, 0.3) is 0 Å². The molecule has 6 heteroatoms. The molecule has 0 saturated carbocycles. The van der Waals surface area contributed by atoms with Crippen molar-refractivity contribution in [2.75, 3.05) is 6.54 Å². The molecule has 1 aromatic heterocycles. The van der Waals surface area contributed by atoms with E-state index in [1.165, 1.54) is 0 Å². The van der Waals surface area contributed by atoms with Gasteiger partial charge in [-0.1, -0.05) is 23.7 Å². The minimum atomic E-state index is -0.534. The van der Waals surface area contributed by atoms with Crippen molar-refractivity contribution >= 4 is 29.0 Å². The summed E-state index contributed by atoms with van der Waals surface area (Å²) in [5, 5.41) is 19.9. The number of aliphatic hydroxyl groups is 1. The molecule has 0 bridgehead atoms. The van der Waals surface area contributed by atoms with E-state index in [1.807, 2.05) is 29.0 Å². The molecule has 2 amide bonds. The first-order valence-corrected chi connectivity index (χ1v) is 7.93. The van der Waals surface area contributed by atoms with Gasteiger partial charge in [0.1, 0.15) is 0 Å². The summed E-state index contributed by atoms with van der Waals surface area (Å²) in [5.41, 5.74) is 1.87. The molecule has 1 atom stereocenters. The van der Waals surface area contributed by atoms with E-state index in [-0.39, 0.29) is 6.03 Å². The third-order valence-electron chi connectivity index (χ3n) is 3.00. The van der Waals surface area contributed by atoms with Gasteiger partial charge in [-0.3, -0.25) is 0 Å². The van der Waals surface area contributed by atoms with Gasteiger partial charge in [0.2, 0.25) is 0 Å². The Labute approximate surface area is 132 Å². The van der Waals surface area contributed by atoms with Gasteiger partial charge in [-0.25, -0.2) is 4.79 Å². The van der Waals surface area contributed by atoms with E-state index in [9.17, 15) is 9.90 Å². The molecule has 1 aromatic carbocycles. The standard InChI is InChI=1S/C15H17ClN2O2S/c16-13-3-1-11(2-4-13)9-18-15(20)17-7-5-14(19)12-6-8-21-10-12/h1-4,6,8,10,14,19H,5,7,9H2,(H2,17,18,20). The summed E-state index contributed by atoms with van der Waals surface area (Å²) in [4.78, 5) is 11.6. The summed E-state index contributed by atoms with van der Waals surface area (Å²) in [6, 6.07) is 8.94. The Balaban J connectivity index is 1.64. The van der Waals surface area contributed by atoms with E-state index in [2.05, 4.69) is 10.6 Å². The second-order valence-electron chi connectivity index (χ2n) is 4.60. The molecule has 21 heavy (non-hydrogen) atoms. The van der Waals surface area contributed by atoms with Gasteiger partial charge in [-0.2, -0.15) is 11.3 Å². The Morgan fingerprint density at radius 3 is 2.67 bits per heavy atom. The lowest BCUT2D eigenvalue weighted by Gasteiger charge is -2.11. The summed E-state index contributed by atoms with van der Waals surface area (Å²) in [6.45, 7) is 0.861. The van der Waals surface area contributed by atoms with Crippen LogP contribution < -0.4 is 10.6 Å². The zero-order chi connectivity index (χ0) is 15.1. The molecular weight excluding hydrogens is 308 g/mol. The van der Waals surface area contributed by atoms with Crippen molar-refractivity contribution in [1.82, 2.24) is 10.6 Å². The normalized spacial score (nSPS) is 11.9. The van der Waals surface area contributed by atoms with E-state index in [4.69, 9.17) is 11.6 Å². The maximum atomic E-state index is 11.6. The first-order chi connectivity index (χ1) is 10.1. The van der Waals surface area contributed by atoms with Crippen molar-refractivity contribution < 1.29 is 9.90 Å². The number of urea groups is 1. The van der Waals surface area contributed by atoms with Crippen molar-refractivity contribution in [2.24, 2.45) is 0 Å². The lowest BCUT2D eigenvalue weighted by atomic mass is 10.1. The fourth-order valence-corrected chi connectivity index (χ4v) is 2.63. The zero-order valence-electron chi connectivity index (χ0n) is 11.4. The molecule has 0 radical (unpaired) electrons. The Kier molecular flexibility index (Phi) is 6.04. The van der Waals surface area contributed by atoms with Crippen molar-refractivity contribution in [2.45, 2.75) is 19.1 Å². The van der Waals surface area contributed by atoms with Crippen LogP contribution in [0.2, 0.25) is 5.02 Å². The number of halogens is 1. The Morgan fingerprint density at radius 1 is 1.24 bits per heavy atom. The minimum absolute atomic E-state index is 0.248. The molecule has 0 spiro atoms. The van der Waals surface area contributed by atoms with Crippen LogP contribution in [0.15, 0.2) is 41.1 Å². The monoisotopic (exact) mass is 324 g/mol. The summed E-state index contributed by atoms with van der Waals surface area (Å²) in [7, 11) is 0. The number of amides is 2. The molecule has 4 nitrogen and oxygen atoms in total. The number of carbonyl (C=O) groups excluding carboxylic acids is 1. The number of hydrogen-bond donors (Lipinski definition) is 3. The van der Waals surface area contributed by atoms with Crippen LogP contribution in [-0.4, -0.2) is 17.7 Å². The Hall–Kier alpha value is -1.56. The molecule has 112 valence electrons. The maximum absolute atomic E-state index is 11.6. The van der Waals surface area contributed by atoms with Crippen LogP contribution in [-0.2, 0) is 6.54 Å². The average molecular weight is 325 g/mol. The molecule has 2 aromatic rings. The summed E-state index contributed by atoms with van der Waals surface area (Å²) in [6.07, 6.45) is -0.0433. The number of thiophene rings is 1. The first-order valence-electron chi connectivity index (χ1n) is 6.61. The highest BCUT2D eigenvalue weighted by molar-refractivity contribution is 7.07. The summed E-state index contributed by atoms with van der Waals surface area (Å²) in [5.74, 6) is 0. The van der Waals surface area contributed by atoms with Crippen LogP contribution in [0.4, 0.5) is 4.79 Å². The third kappa shape index (κ3) is 5.38. The minimum Gasteiger partial charge on any atom is -0.388 e. The molecular formula is C15H17ClN2O2S. The van der Waals surface area contributed by atoms with Crippen molar-refractivity contribution in [1.29, 1.82) is 0 Å². The van der Waals surface area contributed by atoms with Crippen LogP contribution in [0.25, 0.3) is 0 Å². The fourth-order valence-electron chi connectivity index (χ4n) is 1.80. The molecule has 3 N–H and O–H groups in total. The van der Waals surface area contributed by atoms with Crippen LogP contribution in [0.5, 0.6) is 0 Å². The predicted octanol–water partition coefficient (Wildman–Crippen LogP) is 3.32. The number of hydrogen-bond acceptors (Lipinski definition) is 3. The van der Waals surface area contributed by atoms with E-state index < -0.39 is 6.10 Å². The molecule has 1 unspecified atom stereocenters. The number of nitrogens with one attached hydrogen (secondary N) is 2. The fraction of sp³-hybridized carbons (Fsp3) is 0.267. The number of benzene rings is 1. The highest BCUT2D eigenvalue weighted by atomic mass is 35.5. The lowest BCUT2D eigenvalue weighted by molar-refractivity contribution is 0.167. The molecule has 1 heterocycles. The van der Waals surface area contributed by atoms with Gasteiger partial charge in [0, 0.05) is 18.1 Å². The van der Waals surface area contributed by atoms with E-state index in [0.29, 0.717) is 24.5 Å². The quantitative estimate of drug-likeness (QED) is 0.763. The Bertz CT molecular complexity index is 558. The predicted molar refractivity (Wildman–Crippen MR) is 85.6 cm³/mol. The molecule has 0 saturated heterocycles. The summed E-state index contributed by atoms with van der Waals surface area (Å²) >= 11 is 7.34. The van der Waals surface area contributed by atoms with Gasteiger partial charge >= 0.3 is 6.03 Å². The van der Waals surface area contributed by atoms with E-state index in [1.54, 1.807) is 23.5 Å². The third-order valence-corrected chi connectivity index (χ3v) is 3.95. The van der Waals surface area contributed by atoms with Crippen molar-refractivity contribution in [3.05, 3.63) is 57.2 Å². The lowest BCUT2D eigenvalue weighted by Crippen LogP contribution is -2.36. The second kappa shape index (κ2) is 8.02. The van der Waals surface area contributed by atoms with E-state index >= 15 is 0 Å². The second-order valence-corrected chi connectivity index (χ2v) is 5.81. The van der Waals surface area contributed by atoms with Crippen molar-refractivity contribution in [3.8, 4) is 0 Å². The molecule has 0 aliphatic rings. The van der Waals surface area contributed by atoms with Crippen LogP contribution in [0, 0.1) is 0 Å². The van der Waals surface area contributed by atoms with Gasteiger partial charge in [-0.05, 0) is 46.5 Å². The zero-order valence-corrected chi connectivity index (χ0v) is 13.0. The Morgan fingerprint density at radius 2 is 2.00 bits per heavy atom. The van der Waals surface area contributed by atoms with Gasteiger partial charge in [0.05, 0.1) is 6.10 Å². The highest BCUT2D eigenvalue weighted by Gasteiger charge is 2.08. The molecule has 0 aliphatic heterocycles. The van der Waals surface area contributed by atoms with Gasteiger partial charge < -0.3 is 15.7 Å². The number of rotatable bonds is 6. The van der Waals surface area contributed by atoms with Gasteiger partial charge in [0.15, 0.2) is 0 Å². The number of aliphatic hydroxyl groups excluding tert-OH is 1. The van der Waals surface area contributed by atoms with E-state index in [0.717, 1.165) is 11.1 Å². The topological polar surface area (TPSA) is 61.4 Å². The highest BCUT2D eigenvalue weighted by Crippen LogP contribution is 2.18. The van der Waals surface area contributed by atoms with Crippen LogP contribution in [0.3, 0.4) is 0 Å². The SMILES string of the molecule is O=C(NCCC(O)c1ccsc1)NCc1ccc(Cl)cc1. The average Bonchev–Trinajstić information content (AvgIpc) is 3.01. The molecule has 2 rings (SSSR count). The molecule has 0 fully saturated rings. The number of carbonyl (C=O) groups is 1. The summed E-state index contributed by atoms with van der Waals surface area (Å²) < 4.78 is 0. The van der Waals surface area contributed by atoms with Crippen molar-refractivity contribution in [3.63, 3.8) is 0 Å². The first kappa shape index (κ1) is 15.8. The molecule has 0 aliphatic carbocycles. The van der Waals surface area contributed by atoms with Gasteiger partial charge in [-0.15, -0.1) is 0 Å². The van der Waals surface area contributed by atoms with Crippen LogP contribution in [0.1, 0.15) is 23.7 Å². The van der Waals surface area contributed by atoms with Crippen LogP contribution >= 0.6 is 22.9 Å².